The van der Waals surface area contributed by atoms with Crippen LogP contribution in [0, 0.1) is 0 Å². The van der Waals surface area contributed by atoms with Crippen molar-refractivity contribution in [2.24, 2.45) is 0 Å². The van der Waals surface area contributed by atoms with Crippen LogP contribution in [-0.2, 0) is 6.42 Å². The summed E-state index contributed by atoms with van der Waals surface area (Å²) in [6.07, 6.45) is 0.655. The molecule has 2 aromatic carbocycles. The van der Waals surface area contributed by atoms with E-state index in [0.29, 0.717) is 17.7 Å². The Bertz CT molecular complexity index is 794. The number of hydrogen-bond acceptors (Lipinski definition) is 3. The quantitative estimate of drug-likeness (QED) is 0.792. The van der Waals surface area contributed by atoms with E-state index >= 15 is 0 Å². The van der Waals surface area contributed by atoms with Gasteiger partial charge in [-0.1, -0.05) is 42.5 Å². The fourth-order valence-corrected chi connectivity index (χ4v) is 2.31. The topological polar surface area (TPSA) is 55.0 Å². The maximum Gasteiger partial charge on any atom is 0.345 e. The van der Waals surface area contributed by atoms with Crippen LogP contribution >= 0.6 is 0 Å². The van der Waals surface area contributed by atoms with Crippen LogP contribution in [0.25, 0.3) is 10.9 Å². The number of H-pyrrole nitrogens is 1. The summed E-state index contributed by atoms with van der Waals surface area (Å²) in [5.74, 6) is 0.614. The van der Waals surface area contributed by atoms with Crippen molar-refractivity contribution in [3.05, 3.63) is 70.3 Å². The van der Waals surface area contributed by atoms with Gasteiger partial charge in [-0.15, -0.1) is 0 Å². The average Bonchev–Trinajstić information content (AvgIpc) is 2.47. The zero-order chi connectivity index (χ0) is 13.9. The van der Waals surface area contributed by atoms with Gasteiger partial charge in [0.2, 0.25) is 0 Å². The van der Waals surface area contributed by atoms with Gasteiger partial charge < -0.3 is 9.72 Å². The predicted molar refractivity (Wildman–Crippen MR) is 78.2 cm³/mol. The number of methoxy groups -OCH3 is 1. The lowest BCUT2D eigenvalue weighted by molar-refractivity contribution is 0.418. The molecule has 20 heavy (non-hydrogen) atoms. The highest BCUT2D eigenvalue weighted by atomic mass is 16.5. The molecular weight excluding hydrogens is 252 g/mol. The van der Waals surface area contributed by atoms with Gasteiger partial charge in [0.05, 0.1) is 7.11 Å². The Morgan fingerprint density at radius 1 is 1.10 bits per heavy atom. The smallest absolute Gasteiger partial charge is 0.345 e. The minimum absolute atomic E-state index is 0.354. The first-order valence-electron chi connectivity index (χ1n) is 6.38. The molecule has 4 heteroatoms. The van der Waals surface area contributed by atoms with Crippen molar-refractivity contribution in [1.82, 2.24) is 9.97 Å². The molecule has 0 amide bonds. The van der Waals surface area contributed by atoms with Crippen LogP contribution in [-0.4, -0.2) is 17.1 Å². The van der Waals surface area contributed by atoms with Gasteiger partial charge in [0, 0.05) is 17.5 Å². The highest BCUT2D eigenvalue weighted by molar-refractivity contribution is 5.86. The zero-order valence-corrected chi connectivity index (χ0v) is 11.1. The number of ether oxygens (including phenoxy) is 1. The minimum Gasteiger partial charge on any atom is -0.494 e. The summed E-state index contributed by atoms with van der Waals surface area (Å²) in [5, 5.41) is 0.910. The molecule has 4 nitrogen and oxygen atoms in total. The lowest BCUT2D eigenvalue weighted by Gasteiger charge is -2.08. The molecule has 1 heterocycles. The lowest BCUT2D eigenvalue weighted by atomic mass is 10.1. The number of hydrogen-bond donors (Lipinski definition) is 1. The van der Waals surface area contributed by atoms with E-state index in [-0.39, 0.29) is 5.69 Å². The summed E-state index contributed by atoms with van der Waals surface area (Å²) in [6, 6.07) is 15.7. The van der Waals surface area contributed by atoms with Gasteiger partial charge >= 0.3 is 5.69 Å². The van der Waals surface area contributed by atoms with Gasteiger partial charge in [-0.25, -0.2) is 4.79 Å². The Hall–Kier alpha value is -2.62. The summed E-state index contributed by atoms with van der Waals surface area (Å²) in [4.78, 5) is 18.6. The molecule has 0 saturated carbocycles. The van der Waals surface area contributed by atoms with Crippen molar-refractivity contribution in [2.75, 3.05) is 7.11 Å². The molecular formula is C16H14N2O2. The molecule has 0 aliphatic heterocycles. The second-order valence-electron chi connectivity index (χ2n) is 4.54. The van der Waals surface area contributed by atoms with Crippen molar-refractivity contribution in [2.45, 2.75) is 6.42 Å². The molecule has 0 fully saturated rings. The molecule has 100 valence electrons. The Balaban J connectivity index is 2.18. The third kappa shape index (κ3) is 2.28. The standard InChI is InChI=1S/C16H14N2O2/c1-20-14-9-5-8-12-13(17-16(19)18-15(12)14)10-11-6-3-2-4-7-11/h2-9H,10H2,1H3,(H,17,18,19). The van der Waals surface area contributed by atoms with Crippen LogP contribution in [0.4, 0.5) is 0 Å². The van der Waals surface area contributed by atoms with E-state index < -0.39 is 0 Å². The van der Waals surface area contributed by atoms with Crippen molar-refractivity contribution >= 4 is 10.9 Å². The van der Waals surface area contributed by atoms with Crippen molar-refractivity contribution in [3.63, 3.8) is 0 Å². The van der Waals surface area contributed by atoms with Gasteiger partial charge in [0.1, 0.15) is 11.3 Å². The molecule has 1 N–H and O–H groups in total. The van der Waals surface area contributed by atoms with Gasteiger partial charge in [-0.05, 0) is 11.6 Å². The molecule has 0 aliphatic carbocycles. The van der Waals surface area contributed by atoms with Gasteiger partial charge in [-0.3, -0.25) is 0 Å². The van der Waals surface area contributed by atoms with E-state index in [1.54, 1.807) is 13.2 Å². The highest BCUT2D eigenvalue weighted by Gasteiger charge is 2.09. The van der Waals surface area contributed by atoms with Gasteiger partial charge in [0.15, 0.2) is 0 Å². The summed E-state index contributed by atoms with van der Waals surface area (Å²) in [6.45, 7) is 0. The number of fused-ring (bicyclic) bond motifs is 1. The Morgan fingerprint density at radius 3 is 2.65 bits per heavy atom. The summed E-state index contributed by atoms with van der Waals surface area (Å²) in [5.41, 5.74) is 2.24. The first kappa shape index (κ1) is 12.4. The summed E-state index contributed by atoms with van der Waals surface area (Å²) < 4.78 is 5.27. The van der Waals surface area contributed by atoms with E-state index in [0.717, 1.165) is 16.6 Å². The molecule has 0 spiro atoms. The number of para-hydroxylation sites is 1. The van der Waals surface area contributed by atoms with E-state index in [4.69, 9.17) is 4.74 Å². The Kier molecular flexibility index (Phi) is 3.21. The maximum absolute atomic E-state index is 11.7. The van der Waals surface area contributed by atoms with Crippen LogP contribution in [0.1, 0.15) is 11.3 Å². The first-order valence-corrected chi connectivity index (χ1v) is 6.38. The van der Waals surface area contributed by atoms with Gasteiger partial charge in [-0.2, -0.15) is 4.98 Å². The third-order valence-electron chi connectivity index (χ3n) is 3.24. The molecule has 0 bridgehead atoms. The van der Waals surface area contributed by atoms with E-state index in [1.807, 2.05) is 42.5 Å². The second-order valence-corrected chi connectivity index (χ2v) is 4.54. The maximum atomic E-state index is 11.7. The van der Waals surface area contributed by atoms with Crippen LogP contribution in [0.3, 0.4) is 0 Å². The molecule has 0 radical (unpaired) electrons. The van der Waals surface area contributed by atoms with Crippen LogP contribution in [0.15, 0.2) is 53.3 Å². The van der Waals surface area contributed by atoms with Gasteiger partial charge in [0.25, 0.3) is 0 Å². The van der Waals surface area contributed by atoms with Crippen molar-refractivity contribution < 1.29 is 4.74 Å². The molecule has 0 unspecified atom stereocenters. The van der Waals surface area contributed by atoms with E-state index in [2.05, 4.69) is 9.97 Å². The van der Waals surface area contributed by atoms with Crippen LogP contribution in [0.5, 0.6) is 5.75 Å². The highest BCUT2D eigenvalue weighted by Crippen LogP contribution is 2.24. The molecule has 0 atom stereocenters. The summed E-state index contributed by atoms with van der Waals surface area (Å²) >= 11 is 0. The molecule has 0 aliphatic rings. The van der Waals surface area contributed by atoms with Crippen LogP contribution in [0.2, 0.25) is 0 Å². The fourth-order valence-electron chi connectivity index (χ4n) is 2.31. The number of aromatic nitrogens is 2. The number of benzene rings is 2. The lowest BCUT2D eigenvalue weighted by Crippen LogP contribution is -2.14. The first-order chi connectivity index (χ1) is 9.78. The molecule has 3 rings (SSSR count). The number of rotatable bonds is 3. The predicted octanol–water partition coefficient (Wildman–Crippen LogP) is 2.52. The SMILES string of the molecule is COc1cccc2c(Cc3ccccc3)[nH]c(=O)nc12. The number of nitrogens with zero attached hydrogens (tertiary/aromatic N) is 1. The largest absolute Gasteiger partial charge is 0.494 e. The monoisotopic (exact) mass is 266 g/mol. The van der Waals surface area contributed by atoms with Crippen molar-refractivity contribution in [1.29, 1.82) is 0 Å². The number of aromatic amines is 1. The Morgan fingerprint density at radius 2 is 1.90 bits per heavy atom. The minimum atomic E-state index is -0.354. The Labute approximate surface area is 116 Å². The molecule has 1 aromatic heterocycles. The average molecular weight is 266 g/mol. The second kappa shape index (κ2) is 5.17. The fraction of sp³-hybridized carbons (Fsp3) is 0.125. The molecule has 0 saturated heterocycles. The number of nitrogens with one attached hydrogen (secondary N) is 1. The van der Waals surface area contributed by atoms with Crippen LogP contribution < -0.4 is 10.4 Å². The summed E-state index contributed by atoms with van der Waals surface area (Å²) in [7, 11) is 1.58. The normalized spacial score (nSPS) is 10.7. The zero-order valence-electron chi connectivity index (χ0n) is 11.1. The van der Waals surface area contributed by atoms with Crippen molar-refractivity contribution in [3.8, 4) is 5.75 Å². The molecule has 3 aromatic rings. The van der Waals surface area contributed by atoms with E-state index in [9.17, 15) is 4.79 Å². The third-order valence-corrected chi connectivity index (χ3v) is 3.24. The van der Waals surface area contributed by atoms with E-state index in [1.165, 1.54) is 0 Å².